The molecule has 5 nitrogen and oxygen atoms in total. The molecule has 1 N–H and O–H groups in total. The number of nitrogens with zero attached hydrogens (tertiary/aromatic N) is 4. The molecule has 0 radical (unpaired) electrons. The molecule has 2 aromatic heterocycles. The van der Waals surface area contributed by atoms with Gasteiger partial charge in [0.1, 0.15) is 0 Å². The van der Waals surface area contributed by atoms with Crippen LogP contribution in [0.5, 0.6) is 0 Å². The molecule has 146 valence electrons. The molecule has 2 aromatic carbocycles. The van der Waals surface area contributed by atoms with Gasteiger partial charge in [0, 0.05) is 33.3 Å². The molecule has 0 atom stereocenters. The van der Waals surface area contributed by atoms with E-state index < -0.39 is 0 Å². The highest BCUT2D eigenvalue weighted by atomic mass is 79.9. The van der Waals surface area contributed by atoms with Gasteiger partial charge in [-0.1, -0.05) is 34.1 Å². The summed E-state index contributed by atoms with van der Waals surface area (Å²) in [6, 6.07) is 16.5. The second kappa shape index (κ2) is 7.79. The Kier molecular flexibility index (Phi) is 5.20. The third-order valence-corrected chi connectivity index (χ3v) is 5.35. The Balaban J connectivity index is 1.82. The number of hydrogen-bond donors (Lipinski definition) is 1. The number of anilines is 2. The number of halogens is 1. The van der Waals surface area contributed by atoms with Crippen LogP contribution < -0.4 is 5.32 Å². The largest absolute Gasteiger partial charge is 0.294 e. The van der Waals surface area contributed by atoms with E-state index in [0.717, 1.165) is 32.8 Å². The molecule has 0 saturated carbocycles. The summed E-state index contributed by atoms with van der Waals surface area (Å²) >= 11 is 3.49. The van der Waals surface area contributed by atoms with Gasteiger partial charge >= 0.3 is 0 Å². The number of imidazole rings is 1. The molecule has 0 amide bonds. The lowest BCUT2D eigenvalue weighted by atomic mass is 10.1. The van der Waals surface area contributed by atoms with Crippen molar-refractivity contribution in [3.8, 4) is 16.9 Å². The minimum atomic E-state index is 0.542. The number of aryl methyl sites for hydroxylation is 4. The van der Waals surface area contributed by atoms with E-state index >= 15 is 0 Å². The molecule has 0 fully saturated rings. The molecule has 6 heteroatoms. The van der Waals surface area contributed by atoms with Crippen LogP contribution in [0.4, 0.5) is 11.9 Å². The molecule has 0 bridgehead atoms. The van der Waals surface area contributed by atoms with Gasteiger partial charge in [0.2, 0.25) is 11.9 Å². The van der Waals surface area contributed by atoms with Crippen LogP contribution in [0.3, 0.4) is 0 Å². The minimum Gasteiger partial charge on any atom is -0.294 e. The van der Waals surface area contributed by atoms with Crippen molar-refractivity contribution in [3.05, 3.63) is 81.7 Å². The van der Waals surface area contributed by atoms with Crippen molar-refractivity contribution in [2.75, 3.05) is 5.32 Å². The van der Waals surface area contributed by atoms with Crippen LogP contribution in [0.1, 0.15) is 22.5 Å². The van der Waals surface area contributed by atoms with Crippen molar-refractivity contribution in [2.45, 2.75) is 27.7 Å². The van der Waals surface area contributed by atoms with Gasteiger partial charge in [0.05, 0.1) is 5.69 Å². The maximum Gasteiger partial charge on any atom is 0.229 e. The summed E-state index contributed by atoms with van der Waals surface area (Å²) in [5.41, 5.74) is 7.28. The van der Waals surface area contributed by atoms with E-state index in [1.54, 1.807) is 0 Å². The third kappa shape index (κ3) is 4.22. The van der Waals surface area contributed by atoms with Gasteiger partial charge in [0.25, 0.3) is 0 Å². The summed E-state index contributed by atoms with van der Waals surface area (Å²) < 4.78 is 3.09. The van der Waals surface area contributed by atoms with Crippen molar-refractivity contribution >= 4 is 27.8 Å². The standard InChI is InChI=1S/C23H22BrN5/c1-14-5-10-20(11-15(14)2)29-13-21(18-6-8-19(24)9-7-18)27-23(29)28-22-25-16(3)12-17(4)26-22/h5-13H,1-4H3,(H,25,26,27,28). The lowest BCUT2D eigenvalue weighted by molar-refractivity contribution is 1.01. The second-order valence-electron chi connectivity index (χ2n) is 7.19. The van der Waals surface area contributed by atoms with E-state index in [1.807, 2.05) is 54.9 Å². The van der Waals surface area contributed by atoms with E-state index in [9.17, 15) is 0 Å². The Labute approximate surface area is 179 Å². The highest BCUT2D eigenvalue weighted by molar-refractivity contribution is 9.10. The predicted octanol–water partition coefficient (Wildman–Crippen LogP) is 6.07. The first-order chi connectivity index (χ1) is 13.9. The van der Waals surface area contributed by atoms with Gasteiger partial charge in [-0.2, -0.15) is 0 Å². The van der Waals surface area contributed by atoms with Crippen LogP contribution in [0.2, 0.25) is 0 Å². The Morgan fingerprint density at radius 3 is 2.14 bits per heavy atom. The van der Waals surface area contributed by atoms with Crippen LogP contribution >= 0.6 is 15.9 Å². The first-order valence-corrected chi connectivity index (χ1v) is 10.2. The monoisotopic (exact) mass is 447 g/mol. The Bertz CT molecular complexity index is 1160. The van der Waals surface area contributed by atoms with Gasteiger partial charge < -0.3 is 0 Å². The topological polar surface area (TPSA) is 55.6 Å². The fourth-order valence-corrected chi connectivity index (χ4v) is 3.45. The van der Waals surface area contributed by atoms with Gasteiger partial charge in [-0.3, -0.25) is 9.88 Å². The molecule has 0 saturated heterocycles. The Morgan fingerprint density at radius 2 is 1.48 bits per heavy atom. The maximum atomic E-state index is 4.85. The third-order valence-electron chi connectivity index (χ3n) is 4.82. The molecule has 0 unspecified atom stereocenters. The van der Waals surface area contributed by atoms with Crippen LogP contribution in [0.15, 0.2) is 59.2 Å². The summed E-state index contributed by atoms with van der Waals surface area (Å²) in [6.45, 7) is 8.15. The number of nitrogens with one attached hydrogen (secondary N) is 1. The number of benzene rings is 2. The fraction of sp³-hybridized carbons (Fsp3) is 0.174. The Morgan fingerprint density at radius 1 is 0.793 bits per heavy atom. The van der Waals surface area contributed by atoms with E-state index in [2.05, 4.69) is 63.3 Å². The molecule has 0 aliphatic carbocycles. The molecule has 4 rings (SSSR count). The van der Waals surface area contributed by atoms with Crippen molar-refractivity contribution in [3.63, 3.8) is 0 Å². The normalized spacial score (nSPS) is 10.9. The molecule has 4 aromatic rings. The zero-order valence-corrected chi connectivity index (χ0v) is 18.4. The zero-order chi connectivity index (χ0) is 20.5. The van der Waals surface area contributed by atoms with E-state index in [4.69, 9.17) is 4.98 Å². The summed E-state index contributed by atoms with van der Waals surface area (Å²) in [5.74, 6) is 1.22. The summed E-state index contributed by atoms with van der Waals surface area (Å²) in [5, 5.41) is 3.31. The predicted molar refractivity (Wildman–Crippen MR) is 121 cm³/mol. The van der Waals surface area contributed by atoms with Crippen LogP contribution in [0, 0.1) is 27.7 Å². The molecule has 2 heterocycles. The maximum absolute atomic E-state index is 4.85. The first-order valence-electron chi connectivity index (χ1n) is 9.41. The molecular weight excluding hydrogens is 426 g/mol. The molecular formula is C23H22BrN5. The second-order valence-corrected chi connectivity index (χ2v) is 8.11. The van der Waals surface area contributed by atoms with Crippen LogP contribution in [-0.2, 0) is 0 Å². The lowest BCUT2D eigenvalue weighted by Gasteiger charge is -2.11. The molecule has 0 spiro atoms. The average molecular weight is 448 g/mol. The van der Waals surface area contributed by atoms with Crippen molar-refractivity contribution in [1.29, 1.82) is 0 Å². The highest BCUT2D eigenvalue weighted by Gasteiger charge is 2.14. The molecule has 0 aliphatic rings. The number of hydrogen-bond acceptors (Lipinski definition) is 4. The highest BCUT2D eigenvalue weighted by Crippen LogP contribution is 2.27. The van der Waals surface area contributed by atoms with Gasteiger partial charge in [-0.05, 0) is 69.2 Å². The van der Waals surface area contributed by atoms with E-state index in [1.165, 1.54) is 11.1 Å². The number of aromatic nitrogens is 4. The first kappa shape index (κ1) is 19.3. The SMILES string of the molecule is Cc1cc(C)nc(Nc2nc(-c3ccc(Br)cc3)cn2-c2ccc(C)c(C)c2)n1. The van der Waals surface area contributed by atoms with Crippen LogP contribution in [0.25, 0.3) is 16.9 Å². The molecule has 0 aliphatic heterocycles. The van der Waals surface area contributed by atoms with Gasteiger partial charge in [-0.15, -0.1) is 0 Å². The summed E-state index contributed by atoms with van der Waals surface area (Å²) in [4.78, 5) is 13.9. The fourth-order valence-electron chi connectivity index (χ4n) is 3.18. The van der Waals surface area contributed by atoms with Gasteiger partial charge in [0.15, 0.2) is 0 Å². The van der Waals surface area contributed by atoms with Crippen LogP contribution in [-0.4, -0.2) is 19.5 Å². The van der Waals surface area contributed by atoms with E-state index in [-0.39, 0.29) is 0 Å². The van der Waals surface area contributed by atoms with Crippen molar-refractivity contribution < 1.29 is 0 Å². The van der Waals surface area contributed by atoms with E-state index in [0.29, 0.717) is 11.9 Å². The molecule has 29 heavy (non-hydrogen) atoms. The Hall–Kier alpha value is -2.99. The minimum absolute atomic E-state index is 0.542. The summed E-state index contributed by atoms with van der Waals surface area (Å²) in [7, 11) is 0. The zero-order valence-electron chi connectivity index (χ0n) is 16.9. The lowest BCUT2D eigenvalue weighted by Crippen LogP contribution is -2.05. The smallest absolute Gasteiger partial charge is 0.229 e. The van der Waals surface area contributed by atoms with Crippen molar-refractivity contribution in [1.82, 2.24) is 19.5 Å². The summed E-state index contributed by atoms with van der Waals surface area (Å²) in [6.07, 6.45) is 2.04. The quantitative estimate of drug-likeness (QED) is 0.412. The average Bonchev–Trinajstić information content (AvgIpc) is 3.07. The van der Waals surface area contributed by atoms with Crippen molar-refractivity contribution in [2.24, 2.45) is 0 Å². The van der Waals surface area contributed by atoms with Gasteiger partial charge in [-0.25, -0.2) is 15.0 Å². The number of rotatable bonds is 4.